The normalized spacial score (nSPS) is 19.0. The van der Waals surface area contributed by atoms with E-state index in [1.807, 2.05) is 18.7 Å². The van der Waals surface area contributed by atoms with Crippen molar-refractivity contribution in [2.45, 2.75) is 39.7 Å². The molecule has 0 aliphatic carbocycles. The highest BCUT2D eigenvalue weighted by Crippen LogP contribution is 2.24. The van der Waals surface area contributed by atoms with E-state index in [2.05, 4.69) is 19.1 Å². The Bertz CT molecular complexity index is 476. The van der Waals surface area contributed by atoms with E-state index < -0.39 is 0 Å². The lowest BCUT2D eigenvalue weighted by Crippen LogP contribution is -2.47. The molecule has 20 heavy (non-hydrogen) atoms. The fourth-order valence-electron chi connectivity index (χ4n) is 2.86. The van der Waals surface area contributed by atoms with E-state index in [1.165, 1.54) is 5.56 Å². The molecule has 2 rings (SSSR count). The van der Waals surface area contributed by atoms with Crippen LogP contribution < -0.4 is 10.5 Å². The minimum atomic E-state index is 0.0273. The minimum Gasteiger partial charge on any atom is -0.483 e. The Morgan fingerprint density at radius 1 is 1.35 bits per heavy atom. The first-order valence-corrected chi connectivity index (χ1v) is 7.21. The number of hydrogen-bond acceptors (Lipinski definition) is 3. The molecular weight excluding hydrogens is 252 g/mol. The standard InChI is InChI=1S/C16H24N2O2/c1-11-7-12(2)16(13(3)8-11)20-10-15(19)18-6-4-5-14(17)9-18/h7-8,14H,4-6,9-10,17H2,1-3H3/t14-/m1/s1. The van der Waals surface area contributed by atoms with Crippen molar-refractivity contribution in [3.8, 4) is 5.75 Å². The van der Waals surface area contributed by atoms with Crippen molar-refractivity contribution in [2.75, 3.05) is 19.7 Å². The summed E-state index contributed by atoms with van der Waals surface area (Å²) < 4.78 is 5.74. The SMILES string of the molecule is Cc1cc(C)c(OCC(=O)N2CCC[C@@H](N)C2)c(C)c1. The fraction of sp³-hybridized carbons (Fsp3) is 0.562. The highest BCUT2D eigenvalue weighted by molar-refractivity contribution is 5.78. The number of ether oxygens (including phenoxy) is 1. The third-order valence-electron chi connectivity index (χ3n) is 3.76. The molecule has 0 aromatic heterocycles. The first-order valence-electron chi connectivity index (χ1n) is 7.21. The van der Waals surface area contributed by atoms with Gasteiger partial charge in [0.05, 0.1) is 0 Å². The van der Waals surface area contributed by atoms with Gasteiger partial charge in [0.1, 0.15) is 5.75 Å². The Kier molecular flexibility index (Phi) is 4.65. The minimum absolute atomic E-state index is 0.0273. The molecular formula is C16H24N2O2. The van der Waals surface area contributed by atoms with E-state index in [0.29, 0.717) is 6.54 Å². The van der Waals surface area contributed by atoms with Crippen molar-refractivity contribution in [3.05, 3.63) is 28.8 Å². The zero-order valence-electron chi connectivity index (χ0n) is 12.6. The van der Waals surface area contributed by atoms with Gasteiger partial charge in [-0.15, -0.1) is 0 Å². The van der Waals surface area contributed by atoms with Gasteiger partial charge in [-0.25, -0.2) is 0 Å². The Balaban J connectivity index is 1.96. The van der Waals surface area contributed by atoms with Crippen LogP contribution in [0.15, 0.2) is 12.1 Å². The third kappa shape index (κ3) is 3.51. The molecule has 1 atom stereocenters. The van der Waals surface area contributed by atoms with Gasteiger partial charge in [-0.2, -0.15) is 0 Å². The molecule has 1 aliphatic rings. The lowest BCUT2D eigenvalue weighted by molar-refractivity contribution is -0.134. The molecule has 110 valence electrons. The number of amides is 1. The van der Waals surface area contributed by atoms with Gasteiger partial charge >= 0.3 is 0 Å². The van der Waals surface area contributed by atoms with Crippen LogP contribution in [0.25, 0.3) is 0 Å². The molecule has 1 aromatic carbocycles. The van der Waals surface area contributed by atoms with Crippen LogP contribution in [-0.2, 0) is 4.79 Å². The summed E-state index contributed by atoms with van der Waals surface area (Å²) in [4.78, 5) is 14.0. The molecule has 1 heterocycles. The van der Waals surface area contributed by atoms with E-state index in [1.54, 1.807) is 0 Å². The molecule has 1 fully saturated rings. The molecule has 1 saturated heterocycles. The van der Waals surface area contributed by atoms with E-state index >= 15 is 0 Å². The first kappa shape index (κ1) is 14.9. The fourth-order valence-corrected chi connectivity index (χ4v) is 2.86. The van der Waals surface area contributed by atoms with E-state index in [-0.39, 0.29) is 18.6 Å². The number of benzene rings is 1. The average molecular weight is 276 g/mol. The van der Waals surface area contributed by atoms with Crippen molar-refractivity contribution in [1.82, 2.24) is 4.90 Å². The lowest BCUT2D eigenvalue weighted by atomic mass is 10.1. The summed E-state index contributed by atoms with van der Waals surface area (Å²) in [5.74, 6) is 0.852. The highest BCUT2D eigenvalue weighted by atomic mass is 16.5. The van der Waals surface area contributed by atoms with Crippen LogP contribution >= 0.6 is 0 Å². The Morgan fingerprint density at radius 2 is 2.00 bits per heavy atom. The van der Waals surface area contributed by atoms with Crippen molar-refractivity contribution in [3.63, 3.8) is 0 Å². The Labute approximate surface area is 120 Å². The van der Waals surface area contributed by atoms with Crippen molar-refractivity contribution < 1.29 is 9.53 Å². The molecule has 4 heteroatoms. The summed E-state index contributed by atoms with van der Waals surface area (Å²) in [6.45, 7) is 7.62. The number of hydrogen-bond donors (Lipinski definition) is 1. The van der Waals surface area contributed by atoms with Crippen LogP contribution in [0, 0.1) is 20.8 Å². The maximum Gasteiger partial charge on any atom is 0.260 e. The second-order valence-corrected chi connectivity index (χ2v) is 5.76. The Morgan fingerprint density at radius 3 is 2.60 bits per heavy atom. The lowest BCUT2D eigenvalue weighted by Gasteiger charge is -2.30. The van der Waals surface area contributed by atoms with Crippen LogP contribution in [0.2, 0.25) is 0 Å². The quantitative estimate of drug-likeness (QED) is 0.918. The molecule has 1 aliphatic heterocycles. The van der Waals surface area contributed by atoms with Crippen LogP contribution in [-0.4, -0.2) is 36.5 Å². The summed E-state index contributed by atoms with van der Waals surface area (Å²) in [5, 5.41) is 0. The summed E-state index contributed by atoms with van der Waals surface area (Å²) in [6, 6.07) is 4.25. The zero-order valence-corrected chi connectivity index (χ0v) is 12.6. The van der Waals surface area contributed by atoms with Crippen molar-refractivity contribution in [1.29, 1.82) is 0 Å². The van der Waals surface area contributed by atoms with Crippen molar-refractivity contribution in [2.24, 2.45) is 5.73 Å². The van der Waals surface area contributed by atoms with Crippen molar-refractivity contribution >= 4 is 5.91 Å². The van der Waals surface area contributed by atoms with Gasteiger partial charge < -0.3 is 15.4 Å². The van der Waals surface area contributed by atoms with Crippen LogP contribution in [0.3, 0.4) is 0 Å². The van der Waals surface area contributed by atoms with Gasteiger partial charge in [-0.05, 0) is 44.7 Å². The number of aryl methyl sites for hydroxylation is 3. The van der Waals surface area contributed by atoms with Gasteiger partial charge in [0.2, 0.25) is 0 Å². The number of nitrogens with two attached hydrogens (primary N) is 1. The zero-order chi connectivity index (χ0) is 14.7. The Hall–Kier alpha value is -1.55. The predicted octanol–water partition coefficient (Wildman–Crippen LogP) is 1.94. The maximum atomic E-state index is 12.2. The third-order valence-corrected chi connectivity index (χ3v) is 3.76. The monoisotopic (exact) mass is 276 g/mol. The molecule has 0 bridgehead atoms. The van der Waals surface area contributed by atoms with Gasteiger partial charge in [0.15, 0.2) is 6.61 Å². The number of carbonyl (C=O) groups is 1. The van der Waals surface area contributed by atoms with Gasteiger partial charge in [0.25, 0.3) is 5.91 Å². The summed E-state index contributed by atoms with van der Waals surface area (Å²) >= 11 is 0. The van der Waals surface area contributed by atoms with Crippen LogP contribution in [0.1, 0.15) is 29.5 Å². The maximum absolute atomic E-state index is 12.2. The molecule has 1 amide bonds. The number of carbonyl (C=O) groups excluding carboxylic acids is 1. The average Bonchev–Trinajstić information content (AvgIpc) is 2.37. The molecule has 0 saturated carbocycles. The topological polar surface area (TPSA) is 55.6 Å². The number of rotatable bonds is 3. The largest absolute Gasteiger partial charge is 0.483 e. The van der Waals surface area contributed by atoms with Gasteiger partial charge in [-0.3, -0.25) is 4.79 Å². The molecule has 0 spiro atoms. The number of likely N-dealkylation sites (tertiary alicyclic amines) is 1. The smallest absolute Gasteiger partial charge is 0.260 e. The van der Waals surface area contributed by atoms with Gasteiger partial charge in [0, 0.05) is 19.1 Å². The van der Waals surface area contributed by atoms with Crippen LogP contribution in [0.5, 0.6) is 5.75 Å². The molecule has 2 N–H and O–H groups in total. The summed E-state index contributed by atoms with van der Waals surface area (Å²) in [5.41, 5.74) is 9.26. The number of piperidine rings is 1. The second-order valence-electron chi connectivity index (χ2n) is 5.76. The second kappa shape index (κ2) is 6.27. The number of nitrogens with zero attached hydrogens (tertiary/aromatic N) is 1. The molecule has 0 unspecified atom stereocenters. The summed E-state index contributed by atoms with van der Waals surface area (Å²) in [7, 11) is 0. The molecule has 0 radical (unpaired) electrons. The van der Waals surface area contributed by atoms with Gasteiger partial charge in [-0.1, -0.05) is 17.7 Å². The van der Waals surface area contributed by atoms with E-state index in [9.17, 15) is 4.79 Å². The molecule has 1 aromatic rings. The highest BCUT2D eigenvalue weighted by Gasteiger charge is 2.21. The predicted molar refractivity (Wildman–Crippen MR) is 79.9 cm³/mol. The van der Waals surface area contributed by atoms with E-state index in [0.717, 1.165) is 36.3 Å². The van der Waals surface area contributed by atoms with Crippen LogP contribution in [0.4, 0.5) is 0 Å². The molecule has 4 nitrogen and oxygen atoms in total. The van der Waals surface area contributed by atoms with E-state index in [4.69, 9.17) is 10.5 Å². The summed E-state index contributed by atoms with van der Waals surface area (Å²) in [6.07, 6.45) is 1.98. The first-order chi connectivity index (χ1) is 9.47.